The molecule has 0 aromatic heterocycles. The normalized spacial score (nSPS) is 20.9. The fraction of sp³-hybridized carbons (Fsp3) is 0.652. The summed E-state index contributed by atoms with van der Waals surface area (Å²) in [5, 5.41) is 3.07. The molecule has 5 heteroatoms. The van der Waals surface area contributed by atoms with E-state index in [0.29, 0.717) is 19.0 Å². The zero-order valence-corrected chi connectivity index (χ0v) is 17.7. The van der Waals surface area contributed by atoms with Crippen LogP contribution in [0.4, 0.5) is 11.4 Å². The van der Waals surface area contributed by atoms with E-state index in [1.165, 1.54) is 31.4 Å². The van der Waals surface area contributed by atoms with Crippen molar-refractivity contribution in [1.82, 2.24) is 4.90 Å². The third-order valence-corrected chi connectivity index (χ3v) is 6.39. The Morgan fingerprint density at radius 2 is 1.82 bits per heavy atom. The van der Waals surface area contributed by atoms with E-state index in [1.54, 1.807) is 0 Å². The van der Waals surface area contributed by atoms with Gasteiger partial charge in [0, 0.05) is 43.5 Å². The molecule has 1 saturated carbocycles. The summed E-state index contributed by atoms with van der Waals surface area (Å²) in [7, 11) is 0. The molecule has 3 rings (SSSR count). The van der Waals surface area contributed by atoms with Crippen LogP contribution in [0.25, 0.3) is 0 Å². The van der Waals surface area contributed by atoms with Crippen molar-refractivity contribution in [2.45, 2.75) is 71.8 Å². The minimum Gasteiger partial charge on any atom is -0.372 e. The molecule has 154 valence electrons. The number of aryl methyl sites for hydroxylation is 1. The first-order valence-corrected chi connectivity index (χ1v) is 11.0. The predicted octanol–water partition coefficient (Wildman–Crippen LogP) is 4.35. The number of nitrogens with zero attached hydrogens (tertiary/aromatic N) is 2. The summed E-state index contributed by atoms with van der Waals surface area (Å²) in [6, 6.07) is 6.51. The number of rotatable bonds is 6. The number of anilines is 2. The van der Waals surface area contributed by atoms with Gasteiger partial charge >= 0.3 is 0 Å². The average molecular weight is 386 g/mol. The van der Waals surface area contributed by atoms with Crippen molar-refractivity contribution in [3.05, 3.63) is 23.8 Å². The molecule has 1 atom stereocenters. The zero-order valence-electron chi connectivity index (χ0n) is 17.7. The Labute approximate surface area is 169 Å². The Balaban J connectivity index is 1.62. The third kappa shape index (κ3) is 4.68. The largest absolute Gasteiger partial charge is 0.372 e. The van der Waals surface area contributed by atoms with Gasteiger partial charge in [-0.05, 0) is 57.4 Å². The topological polar surface area (TPSA) is 52.7 Å². The Bertz CT molecular complexity index is 691. The first-order chi connectivity index (χ1) is 13.5. The monoisotopic (exact) mass is 385 g/mol. The SMILES string of the molecule is CCN(CC)c1ccc(NC(=O)C2CC(=O)N(C3CCCCCC3)C2)c(C)c1. The van der Waals surface area contributed by atoms with Gasteiger partial charge in [0.1, 0.15) is 0 Å². The fourth-order valence-electron chi connectivity index (χ4n) is 4.64. The molecule has 1 unspecified atom stereocenters. The first-order valence-electron chi connectivity index (χ1n) is 11.0. The summed E-state index contributed by atoms with van der Waals surface area (Å²) in [5.41, 5.74) is 3.08. The van der Waals surface area contributed by atoms with Crippen molar-refractivity contribution in [2.24, 2.45) is 5.92 Å². The Kier molecular flexibility index (Phi) is 6.97. The summed E-state index contributed by atoms with van der Waals surface area (Å²) in [6.07, 6.45) is 7.46. The molecule has 0 bridgehead atoms. The second kappa shape index (κ2) is 9.44. The van der Waals surface area contributed by atoms with Gasteiger partial charge in [-0.3, -0.25) is 9.59 Å². The number of benzene rings is 1. The van der Waals surface area contributed by atoms with Gasteiger partial charge in [-0.1, -0.05) is 25.7 Å². The maximum Gasteiger partial charge on any atom is 0.229 e. The van der Waals surface area contributed by atoms with Gasteiger partial charge < -0.3 is 15.1 Å². The summed E-state index contributed by atoms with van der Waals surface area (Å²) >= 11 is 0. The highest BCUT2D eigenvalue weighted by atomic mass is 16.2. The lowest BCUT2D eigenvalue weighted by Crippen LogP contribution is -2.37. The molecule has 1 N–H and O–H groups in total. The van der Waals surface area contributed by atoms with Gasteiger partial charge in [-0.15, -0.1) is 0 Å². The van der Waals surface area contributed by atoms with E-state index in [4.69, 9.17) is 0 Å². The summed E-state index contributed by atoms with van der Waals surface area (Å²) < 4.78 is 0. The maximum atomic E-state index is 12.8. The fourth-order valence-corrected chi connectivity index (χ4v) is 4.64. The lowest BCUT2D eigenvalue weighted by Gasteiger charge is -2.27. The highest BCUT2D eigenvalue weighted by molar-refractivity contribution is 5.97. The van der Waals surface area contributed by atoms with Crippen molar-refractivity contribution in [2.75, 3.05) is 29.9 Å². The lowest BCUT2D eigenvalue weighted by atomic mass is 10.1. The molecule has 0 spiro atoms. The van der Waals surface area contributed by atoms with Crippen molar-refractivity contribution in [3.8, 4) is 0 Å². The van der Waals surface area contributed by atoms with Crippen LogP contribution in [0, 0.1) is 12.8 Å². The van der Waals surface area contributed by atoms with Crippen LogP contribution < -0.4 is 10.2 Å². The molecule has 5 nitrogen and oxygen atoms in total. The van der Waals surface area contributed by atoms with Gasteiger partial charge in [0.15, 0.2) is 0 Å². The van der Waals surface area contributed by atoms with Crippen LogP contribution in [0.5, 0.6) is 0 Å². The molecule has 28 heavy (non-hydrogen) atoms. The molecule has 2 aliphatic rings. The molecule has 1 aliphatic carbocycles. The van der Waals surface area contributed by atoms with Crippen molar-refractivity contribution >= 4 is 23.2 Å². The number of likely N-dealkylation sites (tertiary alicyclic amines) is 1. The highest BCUT2D eigenvalue weighted by Gasteiger charge is 2.37. The number of hydrogen-bond donors (Lipinski definition) is 1. The molecule has 1 aliphatic heterocycles. The molecule has 0 radical (unpaired) electrons. The van der Waals surface area contributed by atoms with Crippen molar-refractivity contribution in [1.29, 1.82) is 0 Å². The van der Waals surface area contributed by atoms with Crippen LogP contribution >= 0.6 is 0 Å². The molecule has 2 fully saturated rings. The molecule has 1 aromatic carbocycles. The first kappa shape index (κ1) is 20.7. The van der Waals surface area contributed by atoms with E-state index in [0.717, 1.165) is 37.2 Å². The van der Waals surface area contributed by atoms with E-state index >= 15 is 0 Å². The van der Waals surface area contributed by atoms with Gasteiger partial charge in [0.25, 0.3) is 0 Å². The van der Waals surface area contributed by atoms with Gasteiger partial charge in [-0.2, -0.15) is 0 Å². The predicted molar refractivity (Wildman–Crippen MR) is 115 cm³/mol. The standard InChI is InChI=1S/C23H35N3O2/c1-4-25(5-2)20-12-13-21(17(3)14-20)24-23(28)18-15-22(27)26(16-18)19-10-8-6-7-9-11-19/h12-14,18-19H,4-11,15-16H2,1-3H3,(H,24,28). The van der Waals surface area contributed by atoms with Crippen LogP contribution in [0.2, 0.25) is 0 Å². The second-order valence-corrected chi connectivity index (χ2v) is 8.25. The number of hydrogen-bond acceptors (Lipinski definition) is 3. The van der Waals surface area contributed by atoms with Gasteiger partial charge in [-0.25, -0.2) is 0 Å². The van der Waals surface area contributed by atoms with Crippen LogP contribution in [0.15, 0.2) is 18.2 Å². The number of amides is 2. The quantitative estimate of drug-likeness (QED) is 0.741. The molecule has 1 heterocycles. The number of carbonyl (C=O) groups is 2. The lowest BCUT2D eigenvalue weighted by molar-refractivity contribution is -0.130. The smallest absolute Gasteiger partial charge is 0.229 e. The molecule has 1 saturated heterocycles. The van der Waals surface area contributed by atoms with E-state index < -0.39 is 0 Å². The average Bonchev–Trinajstić information content (AvgIpc) is 2.89. The van der Waals surface area contributed by atoms with Crippen LogP contribution in [0.1, 0.15) is 64.4 Å². The van der Waals surface area contributed by atoms with E-state index in [9.17, 15) is 9.59 Å². The minimum atomic E-state index is -0.238. The van der Waals surface area contributed by atoms with Crippen molar-refractivity contribution in [3.63, 3.8) is 0 Å². The van der Waals surface area contributed by atoms with Crippen LogP contribution in [-0.4, -0.2) is 42.4 Å². The van der Waals surface area contributed by atoms with Gasteiger partial charge in [0.2, 0.25) is 11.8 Å². The van der Waals surface area contributed by atoms with E-state index in [-0.39, 0.29) is 17.7 Å². The third-order valence-electron chi connectivity index (χ3n) is 6.39. The zero-order chi connectivity index (χ0) is 20.1. The Morgan fingerprint density at radius 3 is 2.43 bits per heavy atom. The summed E-state index contributed by atoms with van der Waals surface area (Å²) in [4.78, 5) is 29.7. The van der Waals surface area contributed by atoms with Crippen LogP contribution in [-0.2, 0) is 9.59 Å². The second-order valence-electron chi connectivity index (χ2n) is 8.25. The molecule has 1 aromatic rings. The Morgan fingerprint density at radius 1 is 1.14 bits per heavy atom. The van der Waals surface area contributed by atoms with E-state index in [2.05, 4.69) is 36.2 Å². The highest BCUT2D eigenvalue weighted by Crippen LogP contribution is 2.29. The number of nitrogens with one attached hydrogen (secondary N) is 1. The summed E-state index contributed by atoms with van der Waals surface area (Å²) in [6.45, 7) is 8.81. The summed E-state index contributed by atoms with van der Waals surface area (Å²) in [5.74, 6) is -0.110. The molecular weight excluding hydrogens is 350 g/mol. The van der Waals surface area contributed by atoms with Gasteiger partial charge in [0.05, 0.1) is 5.92 Å². The minimum absolute atomic E-state index is 0.0249. The molecular formula is C23H35N3O2. The maximum absolute atomic E-state index is 12.8. The van der Waals surface area contributed by atoms with Crippen LogP contribution in [0.3, 0.4) is 0 Å². The molecule has 2 amide bonds. The Hall–Kier alpha value is -2.04. The number of carbonyl (C=O) groups excluding carboxylic acids is 2. The van der Waals surface area contributed by atoms with Crippen molar-refractivity contribution < 1.29 is 9.59 Å². The van der Waals surface area contributed by atoms with E-state index in [1.807, 2.05) is 17.9 Å².